The number of anilines is 3. The molecule has 20 heavy (non-hydrogen) atoms. The number of aromatic nitrogens is 2. The van der Waals surface area contributed by atoms with E-state index in [0.717, 1.165) is 5.56 Å². The second kappa shape index (κ2) is 5.90. The average Bonchev–Trinajstić information content (AvgIpc) is 2.37. The van der Waals surface area contributed by atoms with Crippen LogP contribution in [-0.4, -0.2) is 9.97 Å². The Balaban J connectivity index is 2.48. The SMILES string of the molecule is Cc1nc(NN)c(C)c(Nc2c(Cl)cc(F)cc2Br)n1. The second-order valence-electron chi connectivity index (χ2n) is 4.11. The molecule has 0 saturated carbocycles. The van der Waals surface area contributed by atoms with E-state index in [1.807, 2.05) is 6.92 Å². The Bertz CT molecular complexity index is 642. The molecule has 0 amide bonds. The van der Waals surface area contributed by atoms with E-state index in [-0.39, 0.29) is 5.02 Å². The highest BCUT2D eigenvalue weighted by Gasteiger charge is 2.13. The number of nitrogens with two attached hydrogens (primary N) is 1. The van der Waals surface area contributed by atoms with Crippen molar-refractivity contribution in [2.45, 2.75) is 13.8 Å². The Kier molecular flexibility index (Phi) is 4.42. The maximum atomic E-state index is 13.2. The van der Waals surface area contributed by atoms with Crippen molar-refractivity contribution in [1.82, 2.24) is 9.97 Å². The molecular formula is C12H12BrClFN5. The van der Waals surface area contributed by atoms with Crippen LogP contribution in [0.15, 0.2) is 16.6 Å². The Labute approximate surface area is 128 Å². The number of hydrazine groups is 1. The molecule has 0 atom stereocenters. The molecule has 0 bridgehead atoms. The molecule has 0 spiro atoms. The van der Waals surface area contributed by atoms with Crippen LogP contribution in [0, 0.1) is 19.7 Å². The molecule has 0 aliphatic carbocycles. The summed E-state index contributed by atoms with van der Waals surface area (Å²) < 4.78 is 13.7. The fourth-order valence-corrected chi connectivity index (χ4v) is 2.57. The van der Waals surface area contributed by atoms with Crippen molar-refractivity contribution in [1.29, 1.82) is 0 Å². The summed E-state index contributed by atoms with van der Waals surface area (Å²) in [7, 11) is 0. The number of rotatable bonds is 3. The molecule has 0 aliphatic rings. The van der Waals surface area contributed by atoms with E-state index in [1.54, 1.807) is 6.92 Å². The number of nitrogens with zero attached hydrogens (tertiary/aromatic N) is 2. The van der Waals surface area contributed by atoms with Gasteiger partial charge in [0.2, 0.25) is 0 Å². The van der Waals surface area contributed by atoms with E-state index >= 15 is 0 Å². The highest BCUT2D eigenvalue weighted by atomic mass is 79.9. The number of nitrogens with one attached hydrogen (secondary N) is 2. The van der Waals surface area contributed by atoms with Crippen molar-refractivity contribution in [3.8, 4) is 0 Å². The quantitative estimate of drug-likeness (QED) is 0.575. The zero-order chi connectivity index (χ0) is 14.9. The summed E-state index contributed by atoms with van der Waals surface area (Å²) in [4.78, 5) is 8.45. The normalized spacial score (nSPS) is 10.5. The van der Waals surface area contributed by atoms with Gasteiger partial charge in [0.15, 0.2) is 0 Å². The van der Waals surface area contributed by atoms with E-state index in [9.17, 15) is 4.39 Å². The number of hydrogen-bond donors (Lipinski definition) is 3. The number of benzene rings is 1. The van der Waals surface area contributed by atoms with E-state index in [2.05, 4.69) is 36.6 Å². The van der Waals surface area contributed by atoms with Crippen molar-refractivity contribution in [2.75, 3.05) is 10.7 Å². The largest absolute Gasteiger partial charge is 0.338 e. The summed E-state index contributed by atoms with van der Waals surface area (Å²) in [5, 5.41) is 3.30. The minimum Gasteiger partial charge on any atom is -0.338 e. The van der Waals surface area contributed by atoms with Crippen molar-refractivity contribution in [2.24, 2.45) is 5.84 Å². The van der Waals surface area contributed by atoms with Crippen molar-refractivity contribution >= 4 is 44.9 Å². The lowest BCUT2D eigenvalue weighted by Crippen LogP contribution is -2.13. The lowest BCUT2D eigenvalue weighted by atomic mass is 10.2. The van der Waals surface area contributed by atoms with Crippen molar-refractivity contribution < 1.29 is 4.39 Å². The molecule has 106 valence electrons. The summed E-state index contributed by atoms with van der Waals surface area (Å²) >= 11 is 9.30. The summed E-state index contributed by atoms with van der Waals surface area (Å²) in [6, 6.07) is 2.54. The van der Waals surface area contributed by atoms with E-state index in [4.69, 9.17) is 17.4 Å². The smallest absolute Gasteiger partial charge is 0.148 e. The van der Waals surface area contributed by atoms with Crippen LogP contribution in [-0.2, 0) is 0 Å². The van der Waals surface area contributed by atoms with Crippen LogP contribution in [0.5, 0.6) is 0 Å². The zero-order valence-corrected chi connectivity index (χ0v) is 13.1. The van der Waals surface area contributed by atoms with Crippen molar-refractivity contribution in [3.05, 3.63) is 38.8 Å². The van der Waals surface area contributed by atoms with Gasteiger partial charge in [0.1, 0.15) is 23.3 Å². The molecular weight excluding hydrogens is 349 g/mol. The van der Waals surface area contributed by atoms with Gasteiger partial charge in [-0.1, -0.05) is 11.6 Å². The molecule has 0 aliphatic heterocycles. The summed E-state index contributed by atoms with van der Waals surface area (Å²) in [5.41, 5.74) is 3.76. The maximum Gasteiger partial charge on any atom is 0.148 e. The van der Waals surface area contributed by atoms with E-state index in [0.29, 0.717) is 27.6 Å². The topological polar surface area (TPSA) is 75.9 Å². The molecule has 4 N–H and O–H groups in total. The fourth-order valence-electron chi connectivity index (χ4n) is 1.67. The van der Waals surface area contributed by atoms with Gasteiger partial charge in [0, 0.05) is 10.0 Å². The molecule has 2 aromatic rings. The van der Waals surface area contributed by atoms with Gasteiger partial charge in [0.25, 0.3) is 0 Å². The van der Waals surface area contributed by atoms with Crippen LogP contribution in [0.3, 0.4) is 0 Å². The molecule has 2 rings (SSSR count). The maximum absolute atomic E-state index is 13.2. The first kappa shape index (κ1) is 15.0. The number of nitrogen functional groups attached to an aromatic ring is 1. The van der Waals surface area contributed by atoms with Crippen LogP contribution in [0.1, 0.15) is 11.4 Å². The van der Waals surface area contributed by atoms with Gasteiger partial charge in [-0.05, 0) is 41.9 Å². The Morgan fingerprint density at radius 2 is 1.90 bits per heavy atom. The van der Waals surface area contributed by atoms with E-state index < -0.39 is 5.82 Å². The van der Waals surface area contributed by atoms with Gasteiger partial charge in [-0.25, -0.2) is 20.2 Å². The highest BCUT2D eigenvalue weighted by molar-refractivity contribution is 9.10. The molecule has 1 heterocycles. The van der Waals surface area contributed by atoms with Gasteiger partial charge in [-0.3, -0.25) is 0 Å². The molecule has 1 aromatic carbocycles. The molecule has 5 nitrogen and oxygen atoms in total. The first-order valence-corrected chi connectivity index (χ1v) is 6.83. The van der Waals surface area contributed by atoms with Gasteiger partial charge < -0.3 is 10.7 Å². The minimum atomic E-state index is -0.424. The number of aryl methyl sites for hydroxylation is 1. The van der Waals surface area contributed by atoms with Gasteiger partial charge in [-0.15, -0.1) is 0 Å². The van der Waals surface area contributed by atoms with Crippen LogP contribution in [0.4, 0.5) is 21.7 Å². The molecule has 0 unspecified atom stereocenters. The van der Waals surface area contributed by atoms with Crippen LogP contribution >= 0.6 is 27.5 Å². The molecule has 0 radical (unpaired) electrons. The Hall–Kier alpha value is -1.44. The highest BCUT2D eigenvalue weighted by Crippen LogP contribution is 2.35. The summed E-state index contributed by atoms with van der Waals surface area (Å²) in [6.45, 7) is 3.55. The van der Waals surface area contributed by atoms with Gasteiger partial charge in [-0.2, -0.15) is 0 Å². The lowest BCUT2D eigenvalue weighted by Gasteiger charge is -2.14. The first-order valence-electron chi connectivity index (χ1n) is 5.65. The Morgan fingerprint density at radius 3 is 2.50 bits per heavy atom. The predicted octanol–water partition coefficient (Wildman–Crippen LogP) is 3.68. The van der Waals surface area contributed by atoms with Crippen molar-refractivity contribution in [3.63, 3.8) is 0 Å². The third-order valence-corrected chi connectivity index (χ3v) is 3.57. The lowest BCUT2D eigenvalue weighted by molar-refractivity contribution is 0.627. The van der Waals surface area contributed by atoms with Crippen LogP contribution in [0.25, 0.3) is 0 Å². The van der Waals surface area contributed by atoms with Crippen LogP contribution in [0.2, 0.25) is 5.02 Å². The van der Waals surface area contributed by atoms with E-state index in [1.165, 1.54) is 12.1 Å². The average molecular weight is 361 g/mol. The fraction of sp³-hybridized carbons (Fsp3) is 0.167. The second-order valence-corrected chi connectivity index (χ2v) is 5.37. The predicted molar refractivity (Wildman–Crippen MR) is 81.7 cm³/mol. The molecule has 8 heteroatoms. The first-order chi connectivity index (χ1) is 9.42. The summed E-state index contributed by atoms with van der Waals surface area (Å²) in [5.74, 6) is 6.58. The third-order valence-electron chi connectivity index (χ3n) is 2.64. The minimum absolute atomic E-state index is 0.245. The zero-order valence-electron chi connectivity index (χ0n) is 10.8. The van der Waals surface area contributed by atoms with Gasteiger partial charge >= 0.3 is 0 Å². The third kappa shape index (κ3) is 3.00. The molecule has 1 aromatic heterocycles. The molecule has 0 saturated heterocycles. The molecule has 0 fully saturated rings. The summed E-state index contributed by atoms with van der Waals surface area (Å²) in [6.07, 6.45) is 0. The standard InChI is InChI=1S/C12H12BrClFN5/c1-5-11(17-6(2)18-12(5)20-16)19-10-8(13)3-7(15)4-9(10)14/h3-4H,16H2,1-2H3,(H2,17,18,19,20). The van der Waals surface area contributed by atoms with Crippen LogP contribution < -0.4 is 16.6 Å². The van der Waals surface area contributed by atoms with Gasteiger partial charge in [0.05, 0.1) is 10.7 Å². The Morgan fingerprint density at radius 1 is 1.25 bits per heavy atom. The number of halogens is 3. The monoisotopic (exact) mass is 359 g/mol. The number of hydrogen-bond acceptors (Lipinski definition) is 5.